The van der Waals surface area contributed by atoms with Crippen LogP contribution in [0.5, 0.6) is 0 Å². The molecule has 3 heterocycles. The number of hydrogen-bond acceptors (Lipinski definition) is 6. The van der Waals surface area contributed by atoms with E-state index in [1.54, 1.807) is 18.6 Å². The highest BCUT2D eigenvalue weighted by molar-refractivity contribution is 6.06. The highest BCUT2D eigenvalue weighted by Gasteiger charge is 2.27. The second-order valence-corrected chi connectivity index (χ2v) is 8.22. The minimum Gasteiger partial charge on any atom is -0.389 e. The Morgan fingerprint density at radius 2 is 1.97 bits per heavy atom. The number of aliphatic hydroxyl groups excluding tert-OH is 1. The van der Waals surface area contributed by atoms with Crippen molar-refractivity contribution in [2.45, 2.75) is 31.9 Å². The molecule has 7 nitrogen and oxygen atoms in total. The highest BCUT2D eigenvalue weighted by Crippen LogP contribution is 2.28. The van der Waals surface area contributed by atoms with E-state index in [-0.39, 0.29) is 24.0 Å². The zero-order chi connectivity index (χ0) is 22.2. The summed E-state index contributed by atoms with van der Waals surface area (Å²) >= 11 is 0. The molecule has 1 aliphatic heterocycles. The lowest BCUT2D eigenvalue weighted by Crippen LogP contribution is -2.39. The summed E-state index contributed by atoms with van der Waals surface area (Å²) in [5.74, 6) is -0.0744. The fourth-order valence-electron chi connectivity index (χ4n) is 4.42. The molecular weight excluding hydrogens is 406 g/mol. The van der Waals surface area contributed by atoms with Crippen LogP contribution in [0, 0.1) is 0 Å². The predicted octanol–water partition coefficient (Wildman–Crippen LogP) is 3.06. The molecule has 1 fully saturated rings. The van der Waals surface area contributed by atoms with Crippen molar-refractivity contribution < 1.29 is 14.6 Å². The van der Waals surface area contributed by atoms with Crippen LogP contribution in [0.15, 0.2) is 59.8 Å². The lowest BCUT2D eigenvalue weighted by molar-refractivity contribution is -0.0395. The smallest absolute Gasteiger partial charge is 0.261 e. The van der Waals surface area contributed by atoms with E-state index in [1.807, 2.05) is 36.4 Å². The van der Waals surface area contributed by atoms with Crippen molar-refractivity contribution in [1.82, 2.24) is 14.5 Å². The van der Waals surface area contributed by atoms with Crippen LogP contribution >= 0.6 is 0 Å². The zero-order valence-electron chi connectivity index (χ0n) is 17.7. The van der Waals surface area contributed by atoms with Crippen LogP contribution in [0.3, 0.4) is 0 Å². The van der Waals surface area contributed by atoms with Crippen LogP contribution in [0.4, 0.5) is 0 Å². The number of hydrogen-bond donors (Lipinski definition) is 1. The number of aliphatic hydroxyl groups is 1. The number of fused-ring (bicyclic) bond motifs is 3. The van der Waals surface area contributed by atoms with Gasteiger partial charge in [-0.05, 0) is 41.5 Å². The summed E-state index contributed by atoms with van der Waals surface area (Å²) in [6.07, 6.45) is 3.63. The Morgan fingerprint density at radius 3 is 2.69 bits per heavy atom. The number of rotatable bonds is 4. The van der Waals surface area contributed by atoms with E-state index < -0.39 is 6.10 Å². The van der Waals surface area contributed by atoms with Gasteiger partial charge in [-0.25, -0.2) is 4.98 Å². The molecule has 162 valence electrons. The normalized spacial score (nSPS) is 18.8. The van der Waals surface area contributed by atoms with Crippen molar-refractivity contribution in [3.05, 3.63) is 82.2 Å². The lowest BCUT2D eigenvalue weighted by atomic mass is 9.96. The monoisotopic (exact) mass is 429 g/mol. The van der Waals surface area contributed by atoms with Gasteiger partial charge in [0.15, 0.2) is 5.78 Å². The molecule has 5 rings (SSSR count). The summed E-state index contributed by atoms with van der Waals surface area (Å²) in [6, 6.07) is 13.1. The van der Waals surface area contributed by atoms with Crippen LogP contribution in [0.25, 0.3) is 21.7 Å². The largest absolute Gasteiger partial charge is 0.389 e. The minimum atomic E-state index is -0.744. The van der Waals surface area contributed by atoms with Gasteiger partial charge in [0.25, 0.3) is 5.56 Å². The Morgan fingerprint density at radius 1 is 1.16 bits per heavy atom. The highest BCUT2D eigenvalue weighted by atomic mass is 16.5. The number of ether oxygens (including phenoxy) is 1. The molecule has 2 unspecified atom stereocenters. The van der Waals surface area contributed by atoms with Crippen LogP contribution in [0.2, 0.25) is 0 Å². The van der Waals surface area contributed by atoms with Crippen molar-refractivity contribution in [2.75, 3.05) is 13.2 Å². The summed E-state index contributed by atoms with van der Waals surface area (Å²) in [7, 11) is 0. The average Bonchev–Trinajstić information content (AvgIpc) is 2.81. The van der Waals surface area contributed by atoms with E-state index in [1.165, 1.54) is 11.5 Å². The van der Waals surface area contributed by atoms with E-state index in [0.29, 0.717) is 36.0 Å². The fraction of sp³-hybridized carbons (Fsp3) is 0.280. The first kappa shape index (κ1) is 20.5. The first-order chi connectivity index (χ1) is 15.5. The predicted molar refractivity (Wildman–Crippen MR) is 121 cm³/mol. The van der Waals surface area contributed by atoms with Gasteiger partial charge in [0.1, 0.15) is 5.69 Å². The van der Waals surface area contributed by atoms with Crippen LogP contribution < -0.4 is 5.56 Å². The SMILES string of the molecule is CC(=O)c1ccc(Cc2cc3c(=O)n(C4CCOCC4O)cnc3c3ccccc23)cn1. The van der Waals surface area contributed by atoms with Gasteiger partial charge in [-0.3, -0.25) is 19.1 Å². The van der Waals surface area contributed by atoms with Gasteiger partial charge in [0.05, 0.1) is 36.0 Å². The molecule has 0 amide bonds. The molecule has 2 atom stereocenters. The summed E-state index contributed by atoms with van der Waals surface area (Å²) in [5, 5.41) is 12.8. The number of carbonyl (C=O) groups excluding carboxylic acids is 1. The quantitative estimate of drug-likeness (QED) is 0.396. The maximum atomic E-state index is 13.5. The zero-order valence-corrected chi connectivity index (χ0v) is 17.7. The van der Waals surface area contributed by atoms with Gasteiger partial charge in [-0.1, -0.05) is 30.3 Å². The van der Waals surface area contributed by atoms with E-state index in [2.05, 4.69) is 9.97 Å². The summed E-state index contributed by atoms with van der Waals surface area (Å²) in [4.78, 5) is 33.9. The van der Waals surface area contributed by atoms with Gasteiger partial charge in [-0.15, -0.1) is 0 Å². The lowest BCUT2D eigenvalue weighted by Gasteiger charge is -2.29. The first-order valence-electron chi connectivity index (χ1n) is 10.7. The van der Waals surface area contributed by atoms with Gasteiger partial charge >= 0.3 is 0 Å². The number of ketones is 1. The Hall–Kier alpha value is -3.42. The molecule has 0 spiro atoms. The van der Waals surface area contributed by atoms with Crippen LogP contribution in [-0.2, 0) is 11.2 Å². The number of Topliss-reactive ketones (excluding diaryl/α,β-unsaturated/α-hetero) is 1. The number of aromatic nitrogens is 3. The summed E-state index contributed by atoms with van der Waals surface area (Å²) in [6.45, 7) is 2.20. The number of benzene rings is 2. The van der Waals surface area contributed by atoms with Crippen molar-refractivity contribution in [3.63, 3.8) is 0 Å². The molecule has 1 N–H and O–H groups in total. The Bertz CT molecular complexity index is 1380. The van der Waals surface area contributed by atoms with E-state index in [9.17, 15) is 14.7 Å². The second-order valence-electron chi connectivity index (χ2n) is 8.22. The minimum absolute atomic E-state index is 0.0744. The second kappa shape index (κ2) is 8.26. The molecule has 2 aromatic carbocycles. The molecule has 1 saturated heterocycles. The fourth-order valence-corrected chi connectivity index (χ4v) is 4.42. The average molecular weight is 429 g/mol. The van der Waals surface area contributed by atoms with Crippen molar-refractivity contribution in [2.24, 2.45) is 0 Å². The maximum Gasteiger partial charge on any atom is 0.261 e. The molecule has 4 aromatic rings. The Kier molecular flexibility index (Phi) is 5.28. The number of carbonyl (C=O) groups is 1. The topological polar surface area (TPSA) is 94.3 Å². The van der Waals surface area contributed by atoms with Gasteiger partial charge in [0.2, 0.25) is 0 Å². The van der Waals surface area contributed by atoms with E-state index in [0.717, 1.165) is 21.9 Å². The molecule has 0 radical (unpaired) electrons. The first-order valence-corrected chi connectivity index (χ1v) is 10.7. The molecule has 0 aliphatic carbocycles. The number of pyridine rings is 1. The van der Waals surface area contributed by atoms with Crippen molar-refractivity contribution in [3.8, 4) is 0 Å². The third kappa shape index (κ3) is 3.59. The molecular formula is C25H23N3O4. The third-order valence-electron chi connectivity index (χ3n) is 6.11. The molecule has 32 heavy (non-hydrogen) atoms. The standard InChI is InChI=1S/C25H23N3O4/c1-15(29)21-7-6-16(12-26-21)10-17-11-20-24(19-5-3-2-4-18(17)19)27-14-28(25(20)31)22-8-9-32-13-23(22)30/h2-7,11-12,14,22-23,30H,8-10,13H2,1H3. The molecule has 0 bridgehead atoms. The van der Waals surface area contributed by atoms with Crippen LogP contribution in [-0.4, -0.2) is 44.7 Å². The van der Waals surface area contributed by atoms with Gasteiger partial charge < -0.3 is 9.84 Å². The third-order valence-corrected chi connectivity index (χ3v) is 6.11. The molecule has 7 heteroatoms. The summed E-state index contributed by atoms with van der Waals surface area (Å²) < 4.78 is 6.85. The number of nitrogens with zero attached hydrogens (tertiary/aromatic N) is 3. The summed E-state index contributed by atoms with van der Waals surface area (Å²) in [5.41, 5.74) is 2.84. The molecule has 1 aliphatic rings. The van der Waals surface area contributed by atoms with E-state index >= 15 is 0 Å². The van der Waals surface area contributed by atoms with Crippen molar-refractivity contribution in [1.29, 1.82) is 0 Å². The van der Waals surface area contributed by atoms with Gasteiger partial charge in [-0.2, -0.15) is 0 Å². The van der Waals surface area contributed by atoms with Crippen LogP contribution in [0.1, 0.15) is 41.0 Å². The van der Waals surface area contributed by atoms with E-state index in [4.69, 9.17) is 4.74 Å². The van der Waals surface area contributed by atoms with Gasteiger partial charge in [0, 0.05) is 25.1 Å². The Balaban J connectivity index is 1.65. The Labute approximate surface area is 184 Å². The molecule has 0 saturated carbocycles. The molecule has 2 aromatic heterocycles. The maximum absolute atomic E-state index is 13.5. The van der Waals surface area contributed by atoms with Crippen molar-refractivity contribution >= 4 is 27.5 Å².